The number of fused-ring (bicyclic) bond motifs is 2. The van der Waals surface area contributed by atoms with Gasteiger partial charge in [0.1, 0.15) is 18.2 Å². The van der Waals surface area contributed by atoms with E-state index in [0.717, 1.165) is 24.2 Å². The zero-order valence-electron chi connectivity index (χ0n) is 13.7. The van der Waals surface area contributed by atoms with Crippen LogP contribution in [0.4, 0.5) is 10.1 Å². The van der Waals surface area contributed by atoms with Gasteiger partial charge in [-0.05, 0) is 48.9 Å². The van der Waals surface area contributed by atoms with Gasteiger partial charge in [-0.3, -0.25) is 4.79 Å². The highest BCUT2D eigenvalue weighted by Gasteiger charge is 2.51. The van der Waals surface area contributed by atoms with Crippen LogP contribution < -0.4 is 15.0 Å². The molecule has 1 N–H and O–H groups in total. The zero-order valence-corrected chi connectivity index (χ0v) is 14.5. The van der Waals surface area contributed by atoms with E-state index in [4.69, 9.17) is 4.74 Å². The third-order valence-corrected chi connectivity index (χ3v) is 4.92. The number of benzene rings is 2. The normalized spacial score (nSPS) is 21.3. The Balaban J connectivity index is 0.00000182. The van der Waals surface area contributed by atoms with Gasteiger partial charge in [0.15, 0.2) is 0 Å². The van der Waals surface area contributed by atoms with Crippen molar-refractivity contribution in [2.75, 3.05) is 31.1 Å². The first-order valence-electron chi connectivity index (χ1n) is 8.21. The molecule has 0 radical (unpaired) electrons. The van der Waals surface area contributed by atoms with Crippen LogP contribution in [0, 0.1) is 5.82 Å². The largest absolute Gasteiger partial charge is 0.492 e. The molecule has 1 amide bonds. The van der Waals surface area contributed by atoms with Crippen molar-refractivity contribution in [3.05, 3.63) is 59.9 Å². The van der Waals surface area contributed by atoms with Crippen molar-refractivity contribution in [1.29, 1.82) is 0 Å². The minimum absolute atomic E-state index is 0. The van der Waals surface area contributed by atoms with Crippen LogP contribution in [-0.2, 0) is 10.2 Å². The Morgan fingerprint density at radius 2 is 1.92 bits per heavy atom. The van der Waals surface area contributed by atoms with E-state index in [0.29, 0.717) is 25.4 Å². The molecule has 1 fully saturated rings. The molecule has 2 heterocycles. The average molecular weight is 363 g/mol. The number of anilines is 1. The number of hydrogen-bond acceptors (Lipinski definition) is 3. The summed E-state index contributed by atoms with van der Waals surface area (Å²) in [6, 6.07) is 13.9. The maximum absolute atomic E-state index is 13.1. The molecule has 0 aromatic heterocycles. The van der Waals surface area contributed by atoms with Crippen LogP contribution in [0.1, 0.15) is 12.0 Å². The summed E-state index contributed by atoms with van der Waals surface area (Å²) in [4.78, 5) is 14.9. The van der Waals surface area contributed by atoms with Crippen molar-refractivity contribution < 1.29 is 13.9 Å². The molecule has 1 saturated heterocycles. The molecule has 1 atom stereocenters. The average Bonchev–Trinajstić information content (AvgIpc) is 3.18. The second-order valence-corrected chi connectivity index (χ2v) is 6.29. The lowest BCUT2D eigenvalue weighted by atomic mass is 9.81. The number of carbonyl (C=O) groups is 1. The number of para-hydroxylation sites is 1. The highest BCUT2D eigenvalue weighted by Crippen LogP contribution is 2.45. The van der Waals surface area contributed by atoms with Crippen LogP contribution in [0.3, 0.4) is 0 Å². The van der Waals surface area contributed by atoms with Gasteiger partial charge >= 0.3 is 0 Å². The van der Waals surface area contributed by atoms with Gasteiger partial charge in [-0.15, -0.1) is 12.4 Å². The monoisotopic (exact) mass is 362 g/mol. The highest BCUT2D eigenvalue weighted by molar-refractivity contribution is 6.08. The quantitative estimate of drug-likeness (QED) is 0.909. The Bertz CT molecular complexity index is 760. The molecule has 0 saturated carbocycles. The van der Waals surface area contributed by atoms with Gasteiger partial charge < -0.3 is 15.0 Å². The molecule has 1 spiro atoms. The van der Waals surface area contributed by atoms with Crippen molar-refractivity contribution >= 4 is 24.0 Å². The van der Waals surface area contributed by atoms with Crippen molar-refractivity contribution in [3.8, 4) is 5.75 Å². The van der Waals surface area contributed by atoms with E-state index < -0.39 is 5.41 Å². The summed E-state index contributed by atoms with van der Waals surface area (Å²) in [6.45, 7) is 2.41. The van der Waals surface area contributed by atoms with Gasteiger partial charge in [-0.2, -0.15) is 0 Å². The Morgan fingerprint density at radius 3 is 2.64 bits per heavy atom. The highest BCUT2D eigenvalue weighted by atomic mass is 35.5. The molecule has 2 aromatic carbocycles. The fraction of sp³-hybridized carbons (Fsp3) is 0.316. The van der Waals surface area contributed by atoms with E-state index in [9.17, 15) is 9.18 Å². The first-order valence-corrected chi connectivity index (χ1v) is 8.21. The van der Waals surface area contributed by atoms with Crippen LogP contribution in [-0.4, -0.2) is 32.1 Å². The van der Waals surface area contributed by atoms with Crippen molar-refractivity contribution in [1.82, 2.24) is 5.32 Å². The maximum atomic E-state index is 13.1. The molecule has 0 bridgehead atoms. The van der Waals surface area contributed by atoms with Crippen molar-refractivity contribution in [2.24, 2.45) is 0 Å². The minimum atomic E-state index is -0.424. The van der Waals surface area contributed by atoms with Crippen LogP contribution in [0.25, 0.3) is 0 Å². The van der Waals surface area contributed by atoms with Crippen LogP contribution >= 0.6 is 12.4 Å². The predicted molar refractivity (Wildman–Crippen MR) is 97.1 cm³/mol. The third-order valence-electron chi connectivity index (χ3n) is 4.92. The number of amides is 1. The first-order chi connectivity index (χ1) is 11.7. The number of carbonyl (C=O) groups excluding carboxylic acids is 1. The molecular formula is C19H20ClFN2O2. The number of nitrogens with one attached hydrogen (secondary N) is 1. The lowest BCUT2D eigenvalue weighted by molar-refractivity contribution is -0.122. The van der Waals surface area contributed by atoms with Gasteiger partial charge in [0.05, 0.1) is 12.0 Å². The van der Waals surface area contributed by atoms with Gasteiger partial charge in [0.25, 0.3) is 0 Å². The van der Waals surface area contributed by atoms with Crippen LogP contribution in [0.2, 0.25) is 0 Å². The van der Waals surface area contributed by atoms with Crippen LogP contribution in [0.5, 0.6) is 5.75 Å². The third kappa shape index (κ3) is 2.98. The molecule has 0 aliphatic carbocycles. The molecular weight excluding hydrogens is 343 g/mol. The second-order valence-electron chi connectivity index (χ2n) is 6.29. The molecule has 2 aliphatic heterocycles. The number of nitrogens with zero attached hydrogens (tertiary/aromatic N) is 1. The lowest BCUT2D eigenvalue weighted by Crippen LogP contribution is -2.43. The minimum Gasteiger partial charge on any atom is -0.492 e. The number of halogens is 2. The summed E-state index contributed by atoms with van der Waals surface area (Å²) < 4.78 is 18.6. The molecule has 1 unspecified atom stereocenters. The number of hydrogen-bond donors (Lipinski definition) is 1. The summed E-state index contributed by atoms with van der Waals surface area (Å²) in [5.41, 5.74) is 1.67. The summed E-state index contributed by atoms with van der Waals surface area (Å²) in [5, 5.41) is 3.32. The smallest absolute Gasteiger partial charge is 0.239 e. The van der Waals surface area contributed by atoms with E-state index in [1.54, 1.807) is 12.1 Å². The first kappa shape index (κ1) is 17.7. The second kappa shape index (κ2) is 7.02. The summed E-state index contributed by atoms with van der Waals surface area (Å²) in [5.74, 6) is 0.464. The van der Waals surface area contributed by atoms with E-state index in [1.807, 2.05) is 23.1 Å². The molecule has 4 nitrogen and oxygen atoms in total. The molecule has 2 aliphatic rings. The van der Waals surface area contributed by atoms with Crippen LogP contribution in [0.15, 0.2) is 48.5 Å². The zero-order chi connectivity index (χ0) is 16.6. The van der Waals surface area contributed by atoms with Gasteiger partial charge in [-0.1, -0.05) is 18.2 Å². The predicted octanol–water partition coefficient (Wildman–Crippen LogP) is 2.90. The molecule has 25 heavy (non-hydrogen) atoms. The summed E-state index contributed by atoms with van der Waals surface area (Å²) in [6.07, 6.45) is 0.832. The standard InChI is InChI=1S/C19H19FN2O2.ClH/c20-14-5-7-15(8-6-14)24-12-11-22-17-4-2-1-3-16(17)19(18(22)23)9-10-21-13-19;/h1-8,21H,9-13H2;1H. The molecule has 6 heteroatoms. The Labute approximate surface area is 152 Å². The lowest BCUT2D eigenvalue weighted by Gasteiger charge is -2.23. The van der Waals surface area contributed by atoms with E-state index in [1.165, 1.54) is 12.1 Å². The topological polar surface area (TPSA) is 41.6 Å². The Hall–Kier alpha value is -2.11. The Kier molecular flexibility index (Phi) is 4.97. The number of ether oxygens (including phenoxy) is 1. The summed E-state index contributed by atoms with van der Waals surface area (Å²) in [7, 11) is 0. The fourth-order valence-electron chi connectivity index (χ4n) is 3.71. The molecule has 132 valence electrons. The maximum Gasteiger partial charge on any atom is 0.239 e. The van der Waals surface area contributed by atoms with E-state index >= 15 is 0 Å². The van der Waals surface area contributed by atoms with Gasteiger partial charge in [-0.25, -0.2) is 4.39 Å². The summed E-state index contributed by atoms with van der Waals surface area (Å²) >= 11 is 0. The fourth-order valence-corrected chi connectivity index (χ4v) is 3.71. The number of rotatable bonds is 4. The van der Waals surface area contributed by atoms with Crippen molar-refractivity contribution in [3.63, 3.8) is 0 Å². The van der Waals surface area contributed by atoms with Crippen molar-refractivity contribution in [2.45, 2.75) is 11.8 Å². The Morgan fingerprint density at radius 1 is 1.16 bits per heavy atom. The van der Waals surface area contributed by atoms with E-state index in [2.05, 4.69) is 11.4 Å². The van der Waals surface area contributed by atoms with E-state index in [-0.39, 0.29) is 24.1 Å². The SMILES string of the molecule is Cl.O=C1N(CCOc2ccc(F)cc2)c2ccccc2C12CCNC2. The molecule has 4 rings (SSSR count). The van der Waals surface area contributed by atoms with Gasteiger partial charge in [0.2, 0.25) is 5.91 Å². The van der Waals surface area contributed by atoms with Gasteiger partial charge in [0, 0.05) is 12.2 Å². The molecule has 2 aromatic rings.